The molecule has 0 aliphatic carbocycles. The van der Waals surface area contributed by atoms with Gasteiger partial charge in [-0.3, -0.25) is 4.79 Å². The Balaban J connectivity index is 2.01. The Labute approximate surface area is 154 Å². The highest BCUT2D eigenvalue weighted by atomic mass is 32.2. The van der Waals surface area contributed by atoms with Gasteiger partial charge in [0.05, 0.1) is 11.4 Å². The maximum absolute atomic E-state index is 13.1. The second kappa shape index (κ2) is 7.30. The van der Waals surface area contributed by atoms with Crippen LogP contribution in [0.4, 0.5) is 5.69 Å². The lowest BCUT2D eigenvalue weighted by molar-refractivity contribution is 0.0988. The average molecular weight is 367 g/mol. The first-order valence-corrected chi connectivity index (χ1v) is 10.5. The average Bonchev–Trinajstić information content (AvgIpc) is 2.61. The van der Waals surface area contributed by atoms with Crippen LogP contribution in [0.15, 0.2) is 66.7 Å². The molecule has 4 nitrogen and oxygen atoms in total. The van der Waals surface area contributed by atoms with Gasteiger partial charge in [-0.25, -0.2) is 8.42 Å². The summed E-state index contributed by atoms with van der Waals surface area (Å²) >= 11 is 0. The highest BCUT2D eigenvalue weighted by Crippen LogP contribution is 2.28. The number of hydrogen-bond donors (Lipinski definition) is 0. The predicted molar refractivity (Wildman–Crippen MR) is 106 cm³/mol. The topological polar surface area (TPSA) is 54.5 Å². The largest absolute Gasteiger partial charge is 0.308 e. The van der Waals surface area contributed by atoms with Gasteiger partial charge in [0, 0.05) is 23.8 Å². The summed E-state index contributed by atoms with van der Waals surface area (Å²) in [5, 5.41) is 2.08. The standard InChI is InChI=1S/C21H21NO3S/c1-3-22(20-13-7-10-17-9-4-5-12-19(17)20)21(23)18-11-6-8-16(14-18)15-26(2,24)25/h4-14H,3,15H2,1-2H3. The van der Waals surface area contributed by atoms with E-state index in [2.05, 4.69) is 0 Å². The lowest BCUT2D eigenvalue weighted by atomic mass is 10.1. The van der Waals surface area contributed by atoms with Gasteiger partial charge in [0.1, 0.15) is 0 Å². The Hall–Kier alpha value is -2.66. The quantitative estimate of drug-likeness (QED) is 0.683. The van der Waals surface area contributed by atoms with Crippen LogP contribution >= 0.6 is 0 Å². The SMILES string of the molecule is CCN(C(=O)c1cccc(CS(C)(=O)=O)c1)c1cccc2ccccc12. The van der Waals surface area contributed by atoms with Crippen LogP contribution in [0, 0.1) is 0 Å². The molecule has 0 saturated heterocycles. The van der Waals surface area contributed by atoms with E-state index in [-0.39, 0.29) is 11.7 Å². The van der Waals surface area contributed by atoms with Crippen LogP contribution in [0.5, 0.6) is 0 Å². The molecule has 0 aliphatic heterocycles. The second-order valence-electron chi connectivity index (χ2n) is 6.32. The van der Waals surface area contributed by atoms with Crippen LogP contribution in [0.1, 0.15) is 22.8 Å². The number of nitrogens with zero attached hydrogens (tertiary/aromatic N) is 1. The van der Waals surface area contributed by atoms with Gasteiger partial charge >= 0.3 is 0 Å². The van der Waals surface area contributed by atoms with Crippen molar-refractivity contribution >= 4 is 32.2 Å². The third-order valence-corrected chi connectivity index (χ3v) is 5.08. The molecule has 0 radical (unpaired) electrons. The van der Waals surface area contributed by atoms with Gasteiger partial charge in [0.2, 0.25) is 0 Å². The molecule has 3 rings (SSSR count). The first-order valence-electron chi connectivity index (χ1n) is 8.45. The van der Waals surface area contributed by atoms with E-state index in [0.29, 0.717) is 17.7 Å². The number of carbonyl (C=O) groups excluding carboxylic acids is 1. The van der Waals surface area contributed by atoms with Crippen molar-refractivity contribution in [3.05, 3.63) is 77.9 Å². The number of hydrogen-bond acceptors (Lipinski definition) is 3. The maximum Gasteiger partial charge on any atom is 0.258 e. The molecule has 134 valence electrons. The van der Waals surface area contributed by atoms with Gasteiger partial charge in [0.15, 0.2) is 9.84 Å². The molecule has 26 heavy (non-hydrogen) atoms. The molecule has 0 atom stereocenters. The third kappa shape index (κ3) is 3.94. The lowest BCUT2D eigenvalue weighted by Gasteiger charge is -2.23. The van der Waals surface area contributed by atoms with Crippen LogP contribution in [-0.2, 0) is 15.6 Å². The zero-order valence-corrected chi connectivity index (χ0v) is 15.7. The fourth-order valence-corrected chi connectivity index (χ4v) is 3.90. The van der Waals surface area contributed by atoms with Crippen molar-refractivity contribution in [2.24, 2.45) is 0 Å². The molecule has 0 bridgehead atoms. The first-order chi connectivity index (χ1) is 12.4. The first kappa shape index (κ1) is 18.1. The highest BCUT2D eigenvalue weighted by molar-refractivity contribution is 7.89. The Morgan fingerprint density at radius 1 is 0.962 bits per heavy atom. The van der Waals surface area contributed by atoms with E-state index in [1.54, 1.807) is 29.2 Å². The maximum atomic E-state index is 13.1. The van der Waals surface area contributed by atoms with E-state index in [1.165, 1.54) is 6.26 Å². The summed E-state index contributed by atoms with van der Waals surface area (Å²) in [5.41, 5.74) is 1.96. The normalized spacial score (nSPS) is 11.5. The monoisotopic (exact) mass is 367 g/mol. The molecule has 3 aromatic carbocycles. The van der Waals surface area contributed by atoms with E-state index < -0.39 is 9.84 Å². The van der Waals surface area contributed by atoms with Crippen molar-refractivity contribution in [2.45, 2.75) is 12.7 Å². The van der Waals surface area contributed by atoms with Crippen LogP contribution < -0.4 is 4.90 Å². The molecule has 0 unspecified atom stereocenters. The molecule has 0 saturated carbocycles. The number of anilines is 1. The van der Waals surface area contributed by atoms with Crippen molar-refractivity contribution in [2.75, 3.05) is 17.7 Å². The van der Waals surface area contributed by atoms with E-state index in [4.69, 9.17) is 0 Å². The van der Waals surface area contributed by atoms with Crippen molar-refractivity contribution in [3.8, 4) is 0 Å². The minimum absolute atomic E-state index is 0.0749. The highest BCUT2D eigenvalue weighted by Gasteiger charge is 2.18. The molecule has 3 aromatic rings. The molecule has 0 N–H and O–H groups in total. The van der Waals surface area contributed by atoms with Crippen molar-refractivity contribution in [1.29, 1.82) is 0 Å². The molecule has 0 spiro atoms. The molecule has 5 heteroatoms. The van der Waals surface area contributed by atoms with Crippen LogP contribution in [0.3, 0.4) is 0 Å². The summed E-state index contributed by atoms with van der Waals surface area (Å²) in [5.74, 6) is -0.215. The summed E-state index contributed by atoms with van der Waals surface area (Å²) in [6.07, 6.45) is 1.19. The van der Waals surface area contributed by atoms with E-state index in [9.17, 15) is 13.2 Å². The fourth-order valence-electron chi connectivity index (χ4n) is 3.12. The van der Waals surface area contributed by atoms with Gasteiger partial charge in [-0.15, -0.1) is 0 Å². The predicted octanol–water partition coefficient (Wildman–Crippen LogP) is 4.05. The van der Waals surface area contributed by atoms with Crippen LogP contribution in [-0.4, -0.2) is 27.1 Å². The number of carbonyl (C=O) groups is 1. The van der Waals surface area contributed by atoms with Gasteiger partial charge in [-0.2, -0.15) is 0 Å². The number of sulfone groups is 1. The fraction of sp³-hybridized carbons (Fsp3) is 0.190. The Kier molecular flexibility index (Phi) is 5.09. The smallest absolute Gasteiger partial charge is 0.258 e. The van der Waals surface area contributed by atoms with Gasteiger partial charge in [-0.1, -0.05) is 48.5 Å². The number of fused-ring (bicyclic) bond motifs is 1. The number of rotatable bonds is 5. The summed E-state index contributed by atoms with van der Waals surface area (Å²) in [6, 6.07) is 20.7. The minimum atomic E-state index is -3.15. The molecule has 1 amide bonds. The zero-order chi connectivity index (χ0) is 18.7. The zero-order valence-electron chi connectivity index (χ0n) is 14.8. The summed E-state index contributed by atoms with van der Waals surface area (Å²) < 4.78 is 23.1. The van der Waals surface area contributed by atoms with Crippen molar-refractivity contribution < 1.29 is 13.2 Å². The van der Waals surface area contributed by atoms with Gasteiger partial charge in [-0.05, 0) is 36.1 Å². The number of benzene rings is 3. The van der Waals surface area contributed by atoms with Crippen molar-refractivity contribution in [3.63, 3.8) is 0 Å². The Bertz CT molecular complexity index is 1050. The second-order valence-corrected chi connectivity index (χ2v) is 8.46. The minimum Gasteiger partial charge on any atom is -0.308 e. The molecule has 0 aromatic heterocycles. The molecular formula is C21H21NO3S. The van der Waals surface area contributed by atoms with E-state index in [1.807, 2.05) is 49.4 Å². The molecule has 0 aliphatic rings. The van der Waals surface area contributed by atoms with E-state index >= 15 is 0 Å². The Morgan fingerprint density at radius 2 is 1.65 bits per heavy atom. The third-order valence-electron chi connectivity index (χ3n) is 4.22. The van der Waals surface area contributed by atoms with Crippen LogP contribution in [0.2, 0.25) is 0 Å². The number of amides is 1. The summed E-state index contributed by atoms with van der Waals surface area (Å²) in [7, 11) is -3.15. The molecule has 0 fully saturated rings. The van der Waals surface area contributed by atoms with Gasteiger partial charge < -0.3 is 4.90 Å². The lowest BCUT2D eigenvalue weighted by Crippen LogP contribution is -2.30. The van der Waals surface area contributed by atoms with Crippen LogP contribution in [0.25, 0.3) is 10.8 Å². The van der Waals surface area contributed by atoms with Gasteiger partial charge in [0.25, 0.3) is 5.91 Å². The summed E-state index contributed by atoms with van der Waals surface area (Å²) in [4.78, 5) is 14.8. The Morgan fingerprint density at radius 3 is 2.38 bits per heavy atom. The molecular weight excluding hydrogens is 346 g/mol. The summed E-state index contributed by atoms with van der Waals surface area (Å²) in [6.45, 7) is 2.45. The van der Waals surface area contributed by atoms with Crippen molar-refractivity contribution in [1.82, 2.24) is 0 Å². The molecule has 0 heterocycles. The van der Waals surface area contributed by atoms with E-state index in [0.717, 1.165) is 16.5 Å².